The van der Waals surface area contributed by atoms with Crippen molar-refractivity contribution >= 4 is 5.69 Å². The predicted octanol–water partition coefficient (Wildman–Crippen LogP) is 3.05. The van der Waals surface area contributed by atoms with Gasteiger partial charge in [0.15, 0.2) is 0 Å². The third kappa shape index (κ3) is 1.88. The van der Waals surface area contributed by atoms with Gasteiger partial charge in [0.25, 0.3) is 0 Å². The highest BCUT2D eigenvalue weighted by atomic mass is 14.9. The average molecular weight is 229 g/mol. The summed E-state index contributed by atoms with van der Waals surface area (Å²) in [5, 5.41) is 12.2. The zero-order chi connectivity index (χ0) is 12.7. The number of anilines is 1. The molecule has 90 valence electrons. The largest absolute Gasteiger partial charge is 0.385 e. The molecule has 0 amide bonds. The van der Waals surface area contributed by atoms with Crippen LogP contribution in [-0.2, 0) is 0 Å². The molecule has 2 rings (SSSR count). The molecule has 1 fully saturated rings. The van der Waals surface area contributed by atoms with Crippen LogP contribution >= 0.6 is 0 Å². The van der Waals surface area contributed by atoms with Crippen LogP contribution in [0.5, 0.6) is 0 Å². The summed E-state index contributed by atoms with van der Waals surface area (Å²) in [6.07, 6.45) is 1.67. The lowest BCUT2D eigenvalue weighted by Crippen LogP contribution is -2.08. The number of hydrogen-bond acceptors (Lipinski definition) is 3. The van der Waals surface area contributed by atoms with Crippen LogP contribution in [0.15, 0.2) is 18.3 Å². The lowest BCUT2D eigenvalue weighted by Gasteiger charge is -2.07. The van der Waals surface area contributed by atoms with E-state index in [0.717, 1.165) is 12.2 Å². The van der Waals surface area contributed by atoms with Crippen molar-refractivity contribution in [3.8, 4) is 6.07 Å². The van der Waals surface area contributed by atoms with E-state index >= 15 is 0 Å². The summed E-state index contributed by atoms with van der Waals surface area (Å²) in [5.74, 6) is 0.675. The van der Waals surface area contributed by atoms with Crippen molar-refractivity contribution in [3.05, 3.63) is 24.0 Å². The summed E-state index contributed by atoms with van der Waals surface area (Å²) in [6.45, 7) is 10.2. The van der Waals surface area contributed by atoms with Gasteiger partial charge in [-0.15, -0.1) is 0 Å². The monoisotopic (exact) mass is 229 g/mol. The highest BCUT2D eigenvalue weighted by Gasteiger charge is 2.63. The number of nitriles is 1. The van der Waals surface area contributed by atoms with E-state index < -0.39 is 0 Å². The number of hydrogen-bond donors (Lipinski definition) is 1. The summed E-state index contributed by atoms with van der Waals surface area (Å²) in [7, 11) is 0. The Hall–Kier alpha value is -1.56. The Bertz CT molecular complexity index is 455. The van der Waals surface area contributed by atoms with Gasteiger partial charge in [0.1, 0.15) is 11.8 Å². The van der Waals surface area contributed by atoms with E-state index in [0.29, 0.717) is 22.4 Å². The fourth-order valence-electron chi connectivity index (χ4n) is 2.67. The topological polar surface area (TPSA) is 48.7 Å². The summed E-state index contributed by atoms with van der Waals surface area (Å²) in [5.41, 5.74) is 2.23. The Morgan fingerprint density at radius 1 is 1.35 bits per heavy atom. The summed E-state index contributed by atoms with van der Waals surface area (Å²) >= 11 is 0. The maximum atomic E-state index is 8.78. The van der Waals surface area contributed by atoms with Crippen molar-refractivity contribution in [1.82, 2.24) is 4.98 Å². The smallest absolute Gasteiger partial charge is 0.142 e. The number of aromatic nitrogens is 1. The maximum absolute atomic E-state index is 8.78. The molecule has 0 radical (unpaired) electrons. The lowest BCUT2D eigenvalue weighted by molar-refractivity contribution is 0.457. The van der Waals surface area contributed by atoms with Crippen molar-refractivity contribution in [3.63, 3.8) is 0 Å². The van der Waals surface area contributed by atoms with Crippen LogP contribution in [0.3, 0.4) is 0 Å². The van der Waals surface area contributed by atoms with Crippen LogP contribution in [-0.4, -0.2) is 11.5 Å². The average Bonchev–Trinajstić information content (AvgIpc) is 2.67. The first-order valence-corrected chi connectivity index (χ1v) is 5.99. The second kappa shape index (κ2) is 3.73. The van der Waals surface area contributed by atoms with Crippen LogP contribution in [0.4, 0.5) is 5.69 Å². The molecular formula is C14H19N3. The molecule has 0 saturated heterocycles. The fourth-order valence-corrected chi connectivity index (χ4v) is 2.67. The lowest BCUT2D eigenvalue weighted by atomic mass is 10.0. The van der Waals surface area contributed by atoms with Gasteiger partial charge in [-0.2, -0.15) is 5.26 Å². The molecule has 0 aliphatic heterocycles. The van der Waals surface area contributed by atoms with E-state index in [1.807, 2.05) is 6.07 Å². The van der Waals surface area contributed by atoms with Gasteiger partial charge in [-0.3, -0.25) is 0 Å². The molecule has 0 bridgehead atoms. The first-order valence-electron chi connectivity index (χ1n) is 5.99. The number of rotatable bonds is 3. The van der Waals surface area contributed by atoms with Crippen molar-refractivity contribution in [2.75, 3.05) is 11.9 Å². The molecule has 0 spiro atoms. The Morgan fingerprint density at radius 3 is 2.53 bits per heavy atom. The third-order valence-electron chi connectivity index (χ3n) is 4.70. The van der Waals surface area contributed by atoms with Gasteiger partial charge in [-0.05, 0) is 28.9 Å². The van der Waals surface area contributed by atoms with Crippen molar-refractivity contribution < 1.29 is 0 Å². The highest BCUT2D eigenvalue weighted by Crippen LogP contribution is 2.68. The molecule has 0 aromatic carbocycles. The van der Waals surface area contributed by atoms with Crippen LogP contribution in [0.2, 0.25) is 0 Å². The Labute approximate surface area is 103 Å². The summed E-state index contributed by atoms with van der Waals surface area (Å²) in [4.78, 5) is 3.96. The second-order valence-electron chi connectivity index (χ2n) is 5.92. The molecule has 3 heteroatoms. The van der Waals surface area contributed by atoms with Crippen molar-refractivity contribution in [1.29, 1.82) is 5.26 Å². The highest BCUT2D eigenvalue weighted by molar-refractivity contribution is 5.46. The fraction of sp³-hybridized carbons (Fsp3) is 0.571. The van der Waals surface area contributed by atoms with E-state index in [-0.39, 0.29) is 0 Å². The van der Waals surface area contributed by atoms with Gasteiger partial charge in [-0.25, -0.2) is 4.98 Å². The number of nitrogens with zero attached hydrogens (tertiary/aromatic N) is 2. The molecule has 1 aromatic rings. The van der Waals surface area contributed by atoms with Crippen molar-refractivity contribution in [2.45, 2.75) is 27.7 Å². The summed E-state index contributed by atoms with van der Waals surface area (Å²) < 4.78 is 0. The van der Waals surface area contributed by atoms with Gasteiger partial charge in [0.05, 0.1) is 0 Å². The molecule has 1 N–H and O–H groups in total. The molecule has 0 unspecified atom stereocenters. The molecule has 1 heterocycles. The predicted molar refractivity (Wildman–Crippen MR) is 68.5 cm³/mol. The Balaban J connectivity index is 1.98. The van der Waals surface area contributed by atoms with E-state index in [4.69, 9.17) is 5.26 Å². The molecule has 0 atom stereocenters. The maximum Gasteiger partial charge on any atom is 0.142 e. The molecule has 1 saturated carbocycles. The van der Waals surface area contributed by atoms with Gasteiger partial charge in [0, 0.05) is 18.4 Å². The molecule has 1 aromatic heterocycles. The van der Waals surface area contributed by atoms with Crippen LogP contribution in [0.25, 0.3) is 0 Å². The third-order valence-corrected chi connectivity index (χ3v) is 4.70. The molecule has 17 heavy (non-hydrogen) atoms. The van der Waals surface area contributed by atoms with E-state index in [1.165, 1.54) is 0 Å². The SMILES string of the molecule is CC1(C)C(CNc2ccnc(C#N)c2)C1(C)C. The standard InChI is InChI=1S/C14H19N3/c1-13(2)12(14(13,3)4)9-17-10-5-6-16-11(7-10)8-15/h5-7,12H,9H2,1-4H3,(H,16,17). The van der Waals surface area contributed by atoms with Gasteiger partial charge < -0.3 is 5.32 Å². The Kier molecular flexibility index (Phi) is 2.61. The molecule has 1 aliphatic rings. The number of pyridine rings is 1. The van der Waals surface area contributed by atoms with Crippen LogP contribution < -0.4 is 5.32 Å². The molecule has 1 aliphatic carbocycles. The normalized spacial score (nSPS) is 20.6. The molecular weight excluding hydrogens is 210 g/mol. The zero-order valence-electron chi connectivity index (χ0n) is 10.9. The molecule has 3 nitrogen and oxygen atoms in total. The number of nitrogens with one attached hydrogen (secondary N) is 1. The first-order chi connectivity index (χ1) is 7.89. The van der Waals surface area contributed by atoms with E-state index in [2.05, 4.69) is 44.1 Å². The minimum atomic E-state index is 0.394. The minimum absolute atomic E-state index is 0.394. The first kappa shape index (κ1) is 11.9. The van der Waals surface area contributed by atoms with Gasteiger partial charge >= 0.3 is 0 Å². The zero-order valence-corrected chi connectivity index (χ0v) is 10.9. The Morgan fingerprint density at radius 2 is 2.00 bits per heavy atom. The summed E-state index contributed by atoms with van der Waals surface area (Å²) in [6, 6.07) is 5.75. The van der Waals surface area contributed by atoms with Crippen molar-refractivity contribution in [2.24, 2.45) is 16.7 Å². The van der Waals surface area contributed by atoms with E-state index in [9.17, 15) is 0 Å². The van der Waals surface area contributed by atoms with Crippen LogP contribution in [0.1, 0.15) is 33.4 Å². The quantitative estimate of drug-likeness (QED) is 0.866. The van der Waals surface area contributed by atoms with E-state index in [1.54, 1.807) is 12.3 Å². The van der Waals surface area contributed by atoms with Crippen LogP contribution in [0, 0.1) is 28.1 Å². The second-order valence-corrected chi connectivity index (χ2v) is 5.92. The van der Waals surface area contributed by atoms with Gasteiger partial charge in [0.2, 0.25) is 0 Å². The minimum Gasteiger partial charge on any atom is -0.385 e. The van der Waals surface area contributed by atoms with Gasteiger partial charge in [-0.1, -0.05) is 27.7 Å².